The van der Waals surface area contributed by atoms with Crippen LogP contribution in [0.15, 0.2) is 22.7 Å². The predicted molar refractivity (Wildman–Crippen MR) is 77.8 cm³/mol. The molecule has 0 radical (unpaired) electrons. The summed E-state index contributed by atoms with van der Waals surface area (Å²) in [4.78, 5) is 12.2. The van der Waals surface area contributed by atoms with Crippen molar-refractivity contribution in [3.63, 3.8) is 0 Å². The highest BCUT2D eigenvalue weighted by Crippen LogP contribution is 2.37. The molecular weight excluding hydrogens is 322 g/mol. The number of carbonyl (C=O) groups excluding carboxylic acids is 1. The Morgan fingerprint density at radius 3 is 2.95 bits per heavy atom. The summed E-state index contributed by atoms with van der Waals surface area (Å²) in [6.45, 7) is 1.97. The summed E-state index contributed by atoms with van der Waals surface area (Å²) >= 11 is 3.41. The maximum Gasteiger partial charge on any atom is 0.227 e. The Labute approximate surface area is 124 Å². The van der Waals surface area contributed by atoms with Gasteiger partial charge in [0.05, 0.1) is 5.69 Å². The number of rotatable bonds is 4. The normalized spacial score (nSPS) is 15.9. The minimum atomic E-state index is 0.0344. The number of H-pyrrole nitrogens is 1. The molecule has 20 heavy (non-hydrogen) atoms. The maximum atomic E-state index is 12.2. The lowest BCUT2D eigenvalue weighted by molar-refractivity contribution is -0.119. The van der Waals surface area contributed by atoms with E-state index in [1.807, 2.05) is 25.1 Å². The molecule has 0 saturated heterocycles. The fourth-order valence-corrected chi connectivity index (χ4v) is 2.51. The average Bonchev–Trinajstić information content (AvgIpc) is 3.14. The van der Waals surface area contributed by atoms with Crippen LogP contribution < -0.4 is 5.32 Å². The van der Waals surface area contributed by atoms with Gasteiger partial charge < -0.3 is 5.32 Å². The third-order valence-electron chi connectivity index (χ3n) is 3.57. The van der Waals surface area contributed by atoms with Crippen LogP contribution in [0.2, 0.25) is 0 Å². The molecule has 7 heteroatoms. The van der Waals surface area contributed by atoms with Crippen molar-refractivity contribution in [3.05, 3.63) is 22.7 Å². The van der Waals surface area contributed by atoms with Crippen molar-refractivity contribution in [1.29, 1.82) is 0 Å². The SMILES string of the molecule is CC(C(=O)Nc1cc(Br)ccc1-c1nn[nH]n1)C1CC1. The Kier molecular flexibility index (Phi) is 3.52. The number of nitrogens with zero attached hydrogens (tertiary/aromatic N) is 3. The average molecular weight is 336 g/mol. The fourth-order valence-electron chi connectivity index (χ4n) is 2.15. The van der Waals surface area contributed by atoms with E-state index < -0.39 is 0 Å². The lowest BCUT2D eigenvalue weighted by atomic mass is 10.1. The second-order valence-corrected chi connectivity index (χ2v) is 5.96. The summed E-state index contributed by atoms with van der Waals surface area (Å²) in [6.07, 6.45) is 2.29. The minimum absolute atomic E-state index is 0.0344. The van der Waals surface area contributed by atoms with Crippen molar-refractivity contribution >= 4 is 27.5 Å². The van der Waals surface area contributed by atoms with Crippen molar-refractivity contribution in [2.75, 3.05) is 5.32 Å². The lowest BCUT2D eigenvalue weighted by Gasteiger charge is -2.13. The predicted octanol–water partition coefficient (Wildman–Crippen LogP) is 2.61. The van der Waals surface area contributed by atoms with Crippen LogP contribution in [0.4, 0.5) is 5.69 Å². The van der Waals surface area contributed by atoms with Gasteiger partial charge in [0.15, 0.2) is 0 Å². The van der Waals surface area contributed by atoms with Gasteiger partial charge >= 0.3 is 0 Å². The summed E-state index contributed by atoms with van der Waals surface area (Å²) < 4.78 is 0.888. The number of aromatic nitrogens is 4. The van der Waals surface area contributed by atoms with E-state index in [1.54, 1.807) is 0 Å². The Bertz CT molecular complexity index is 624. The van der Waals surface area contributed by atoms with E-state index in [4.69, 9.17) is 0 Å². The van der Waals surface area contributed by atoms with Crippen LogP contribution in [0, 0.1) is 11.8 Å². The van der Waals surface area contributed by atoms with Crippen molar-refractivity contribution in [2.24, 2.45) is 11.8 Å². The Hall–Kier alpha value is -1.76. The quantitative estimate of drug-likeness (QED) is 0.899. The van der Waals surface area contributed by atoms with Gasteiger partial charge in [-0.2, -0.15) is 5.21 Å². The topological polar surface area (TPSA) is 83.6 Å². The largest absolute Gasteiger partial charge is 0.325 e. The highest BCUT2D eigenvalue weighted by molar-refractivity contribution is 9.10. The smallest absolute Gasteiger partial charge is 0.227 e. The van der Waals surface area contributed by atoms with Gasteiger partial charge in [0.25, 0.3) is 0 Å². The van der Waals surface area contributed by atoms with E-state index in [0.717, 1.165) is 22.9 Å². The van der Waals surface area contributed by atoms with E-state index in [2.05, 4.69) is 41.9 Å². The number of aromatic amines is 1. The standard InChI is InChI=1S/C13H14BrN5O/c1-7(8-2-3-8)13(20)15-11-6-9(14)4-5-10(11)12-16-18-19-17-12/h4-8H,2-3H2,1H3,(H,15,20)(H,16,17,18,19). The van der Waals surface area contributed by atoms with Crippen LogP contribution in [0.25, 0.3) is 11.4 Å². The van der Waals surface area contributed by atoms with E-state index in [1.165, 1.54) is 0 Å². The maximum absolute atomic E-state index is 12.2. The molecule has 1 aromatic heterocycles. The first kappa shape index (κ1) is 13.2. The molecule has 2 aromatic rings. The van der Waals surface area contributed by atoms with Gasteiger partial charge in [0.2, 0.25) is 11.7 Å². The first-order valence-corrected chi connectivity index (χ1v) is 7.28. The minimum Gasteiger partial charge on any atom is -0.325 e. The number of benzene rings is 1. The lowest BCUT2D eigenvalue weighted by Crippen LogP contribution is -2.22. The Morgan fingerprint density at radius 1 is 1.50 bits per heavy atom. The molecule has 104 valence electrons. The molecule has 1 aliphatic rings. The summed E-state index contributed by atoms with van der Waals surface area (Å²) in [5, 5.41) is 16.9. The Morgan fingerprint density at radius 2 is 2.30 bits per heavy atom. The second-order valence-electron chi connectivity index (χ2n) is 5.04. The van der Waals surface area contributed by atoms with Crippen molar-refractivity contribution in [3.8, 4) is 11.4 Å². The molecular formula is C13H14BrN5O. The molecule has 1 unspecified atom stereocenters. The van der Waals surface area contributed by atoms with E-state index >= 15 is 0 Å². The van der Waals surface area contributed by atoms with Crippen LogP contribution in [-0.2, 0) is 4.79 Å². The molecule has 1 atom stereocenters. The Balaban J connectivity index is 1.87. The number of hydrogen-bond donors (Lipinski definition) is 2. The number of halogens is 1. The van der Waals surface area contributed by atoms with Gasteiger partial charge in [-0.1, -0.05) is 22.9 Å². The number of nitrogens with one attached hydrogen (secondary N) is 2. The van der Waals surface area contributed by atoms with Gasteiger partial charge in [-0.25, -0.2) is 0 Å². The van der Waals surface area contributed by atoms with Crippen LogP contribution in [0.1, 0.15) is 19.8 Å². The summed E-state index contributed by atoms with van der Waals surface area (Å²) in [5.74, 6) is 1.06. The third-order valence-corrected chi connectivity index (χ3v) is 4.06. The zero-order chi connectivity index (χ0) is 14.1. The fraction of sp³-hybridized carbons (Fsp3) is 0.385. The van der Waals surface area contributed by atoms with Gasteiger partial charge in [0, 0.05) is 16.0 Å². The number of hydrogen-bond acceptors (Lipinski definition) is 4. The second kappa shape index (κ2) is 5.32. The zero-order valence-corrected chi connectivity index (χ0v) is 12.5. The molecule has 1 aromatic carbocycles. The molecule has 1 saturated carbocycles. The third kappa shape index (κ3) is 2.72. The molecule has 0 aliphatic heterocycles. The van der Waals surface area contributed by atoms with Crippen LogP contribution in [-0.4, -0.2) is 26.5 Å². The van der Waals surface area contributed by atoms with Gasteiger partial charge in [-0.05, 0) is 42.2 Å². The summed E-state index contributed by atoms with van der Waals surface area (Å²) in [7, 11) is 0. The molecule has 0 spiro atoms. The van der Waals surface area contributed by atoms with E-state index in [0.29, 0.717) is 17.4 Å². The molecule has 1 amide bonds. The van der Waals surface area contributed by atoms with Crippen LogP contribution in [0.5, 0.6) is 0 Å². The number of tetrazole rings is 1. The summed E-state index contributed by atoms with van der Waals surface area (Å²) in [6, 6.07) is 5.58. The van der Waals surface area contributed by atoms with Crippen molar-refractivity contribution < 1.29 is 4.79 Å². The van der Waals surface area contributed by atoms with Crippen LogP contribution in [0.3, 0.4) is 0 Å². The van der Waals surface area contributed by atoms with Gasteiger partial charge in [-0.3, -0.25) is 4.79 Å². The van der Waals surface area contributed by atoms with E-state index in [9.17, 15) is 4.79 Å². The number of carbonyl (C=O) groups is 1. The number of anilines is 1. The molecule has 6 nitrogen and oxygen atoms in total. The number of amides is 1. The first-order chi connectivity index (χ1) is 9.65. The van der Waals surface area contributed by atoms with E-state index in [-0.39, 0.29) is 11.8 Å². The van der Waals surface area contributed by atoms with Gasteiger partial charge in [0.1, 0.15) is 0 Å². The van der Waals surface area contributed by atoms with Crippen molar-refractivity contribution in [1.82, 2.24) is 20.6 Å². The van der Waals surface area contributed by atoms with Gasteiger partial charge in [-0.15, -0.1) is 10.2 Å². The molecule has 0 bridgehead atoms. The molecule has 1 heterocycles. The molecule has 1 fully saturated rings. The van der Waals surface area contributed by atoms with Crippen LogP contribution >= 0.6 is 15.9 Å². The highest BCUT2D eigenvalue weighted by Gasteiger charge is 2.32. The van der Waals surface area contributed by atoms with Crippen molar-refractivity contribution in [2.45, 2.75) is 19.8 Å². The highest BCUT2D eigenvalue weighted by atomic mass is 79.9. The summed E-state index contributed by atoms with van der Waals surface area (Å²) in [5.41, 5.74) is 1.44. The molecule has 3 rings (SSSR count). The molecule has 2 N–H and O–H groups in total. The monoisotopic (exact) mass is 335 g/mol. The molecule has 1 aliphatic carbocycles. The zero-order valence-electron chi connectivity index (χ0n) is 10.9. The first-order valence-electron chi connectivity index (χ1n) is 6.49.